The van der Waals surface area contributed by atoms with Gasteiger partial charge >= 0.3 is 5.97 Å². The van der Waals surface area contributed by atoms with Gasteiger partial charge in [0.15, 0.2) is 5.75 Å². The Bertz CT molecular complexity index is 569. The minimum absolute atomic E-state index is 0.00130. The summed E-state index contributed by atoms with van der Waals surface area (Å²) in [6, 6.07) is 1.66. The minimum Gasteiger partial charge on any atom is -0.494 e. The number of carboxylic acid groups (broad SMARTS) is 1. The fourth-order valence-corrected chi connectivity index (χ4v) is 2.96. The predicted octanol–water partition coefficient (Wildman–Crippen LogP) is 1.66. The Balaban J connectivity index is 2.34. The first-order valence-electron chi connectivity index (χ1n) is 6.10. The first kappa shape index (κ1) is 15.9. The number of halogens is 2. The number of benzene rings is 1. The van der Waals surface area contributed by atoms with Crippen molar-refractivity contribution in [2.75, 3.05) is 13.7 Å². The third-order valence-electron chi connectivity index (χ3n) is 3.27. The van der Waals surface area contributed by atoms with Gasteiger partial charge in [0.1, 0.15) is 6.04 Å². The van der Waals surface area contributed by atoms with Crippen molar-refractivity contribution in [1.29, 1.82) is 0 Å². The second-order valence-electron chi connectivity index (χ2n) is 4.67. The van der Waals surface area contributed by atoms with Crippen molar-refractivity contribution in [3.8, 4) is 5.75 Å². The molecule has 2 N–H and O–H groups in total. The van der Waals surface area contributed by atoms with Crippen molar-refractivity contribution < 1.29 is 24.5 Å². The fraction of sp³-hybridized carbons (Fsp3) is 0.385. The van der Waals surface area contributed by atoms with E-state index in [4.69, 9.17) is 33.0 Å². The Morgan fingerprint density at radius 1 is 1.33 bits per heavy atom. The second kappa shape index (κ2) is 6.09. The fourth-order valence-electron chi connectivity index (χ4n) is 2.32. The van der Waals surface area contributed by atoms with Crippen LogP contribution in [-0.2, 0) is 4.79 Å². The van der Waals surface area contributed by atoms with Crippen molar-refractivity contribution in [2.24, 2.45) is 0 Å². The third kappa shape index (κ3) is 3.07. The number of methoxy groups -OCH3 is 1. The number of likely N-dealkylation sites (tertiary alicyclic amines) is 1. The summed E-state index contributed by atoms with van der Waals surface area (Å²) >= 11 is 11.9. The number of aliphatic carboxylic acids is 1. The Morgan fingerprint density at radius 2 is 1.90 bits per heavy atom. The number of hydrogen-bond acceptors (Lipinski definition) is 4. The lowest BCUT2D eigenvalue weighted by Crippen LogP contribution is -2.40. The summed E-state index contributed by atoms with van der Waals surface area (Å²) in [6.07, 6.45) is -0.863. The van der Waals surface area contributed by atoms with E-state index in [0.717, 1.165) is 4.90 Å². The van der Waals surface area contributed by atoms with Crippen LogP contribution in [0.4, 0.5) is 0 Å². The van der Waals surface area contributed by atoms with E-state index in [1.165, 1.54) is 19.2 Å². The molecule has 0 saturated carbocycles. The van der Waals surface area contributed by atoms with Gasteiger partial charge in [-0.1, -0.05) is 23.2 Å². The van der Waals surface area contributed by atoms with Crippen LogP contribution >= 0.6 is 23.2 Å². The topological polar surface area (TPSA) is 87.1 Å². The molecule has 0 aliphatic carbocycles. The lowest BCUT2D eigenvalue weighted by molar-refractivity contribution is -0.141. The molecular weight excluding hydrogens is 321 g/mol. The summed E-state index contributed by atoms with van der Waals surface area (Å²) in [6.45, 7) is -0.0446. The summed E-state index contributed by atoms with van der Waals surface area (Å²) in [5.41, 5.74) is 0.145. The molecule has 1 aliphatic rings. The van der Waals surface area contributed by atoms with Gasteiger partial charge in [0, 0.05) is 18.5 Å². The van der Waals surface area contributed by atoms with Crippen LogP contribution in [0.3, 0.4) is 0 Å². The van der Waals surface area contributed by atoms with Gasteiger partial charge in [0.25, 0.3) is 5.91 Å². The van der Waals surface area contributed by atoms with E-state index in [1.807, 2.05) is 0 Å². The molecule has 6 nitrogen and oxygen atoms in total. The number of nitrogens with zero attached hydrogens (tertiary/aromatic N) is 1. The average molecular weight is 334 g/mol. The molecule has 21 heavy (non-hydrogen) atoms. The molecule has 1 aromatic carbocycles. The van der Waals surface area contributed by atoms with E-state index in [-0.39, 0.29) is 34.3 Å². The van der Waals surface area contributed by atoms with Gasteiger partial charge in [-0.2, -0.15) is 0 Å². The van der Waals surface area contributed by atoms with E-state index in [1.54, 1.807) is 0 Å². The molecular formula is C13H13Cl2NO5. The number of ether oxygens (including phenoxy) is 1. The molecule has 1 saturated heterocycles. The summed E-state index contributed by atoms with van der Waals surface area (Å²) in [5.74, 6) is -1.47. The predicted molar refractivity (Wildman–Crippen MR) is 76.1 cm³/mol. The number of carbonyl (C=O) groups is 2. The standard InChI is InChI=1S/C13H13Cl2NO5/c1-21-11-8(14)2-6(3-9(11)15)12(18)16-5-7(17)4-10(16)13(19)20/h2-3,7,10,17H,4-5H2,1H3,(H,19,20)/t7?,10-/m0/s1. The Labute approximate surface area is 130 Å². The molecule has 1 aromatic rings. The van der Waals surface area contributed by atoms with Crippen LogP contribution < -0.4 is 4.74 Å². The number of carboxylic acids is 1. The minimum atomic E-state index is -1.16. The highest BCUT2D eigenvalue weighted by Crippen LogP contribution is 2.34. The summed E-state index contributed by atoms with van der Waals surface area (Å²) in [5, 5.41) is 19.0. The van der Waals surface area contributed by atoms with Gasteiger partial charge in [-0.15, -0.1) is 0 Å². The van der Waals surface area contributed by atoms with E-state index in [2.05, 4.69) is 0 Å². The van der Waals surface area contributed by atoms with Gasteiger partial charge in [0.05, 0.1) is 23.3 Å². The lowest BCUT2D eigenvalue weighted by atomic mass is 10.1. The molecule has 0 aromatic heterocycles. The first-order valence-corrected chi connectivity index (χ1v) is 6.85. The summed E-state index contributed by atoms with van der Waals surface area (Å²) in [7, 11) is 1.39. The van der Waals surface area contributed by atoms with E-state index < -0.39 is 24.0 Å². The highest BCUT2D eigenvalue weighted by Gasteiger charge is 2.39. The van der Waals surface area contributed by atoms with Crippen LogP contribution in [0, 0.1) is 0 Å². The van der Waals surface area contributed by atoms with Crippen molar-refractivity contribution in [3.05, 3.63) is 27.7 Å². The van der Waals surface area contributed by atoms with Crippen molar-refractivity contribution in [1.82, 2.24) is 4.90 Å². The molecule has 0 radical (unpaired) electrons. The van der Waals surface area contributed by atoms with Crippen LogP contribution in [0.2, 0.25) is 10.0 Å². The number of aliphatic hydroxyl groups is 1. The first-order chi connectivity index (χ1) is 9.85. The SMILES string of the molecule is COc1c(Cl)cc(C(=O)N2CC(O)C[C@H]2C(=O)O)cc1Cl. The Kier molecular flexibility index (Phi) is 4.61. The number of hydrogen-bond donors (Lipinski definition) is 2. The summed E-state index contributed by atoms with van der Waals surface area (Å²) in [4.78, 5) is 24.7. The normalized spacial score (nSPS) is 21.4. The molecule has 1 aliphatic heterocycles. The molecule has 0 bridgehead atoms. The van der Waals surface area contributed by atoms with E-state index in [0.29, 0.717) is 0 Å². The molecule has 1 heterocycles. The van der Waals surface area contributed by atoms with Gasteiger partial charge in [-0.05, 0) is 12.1 Å². The van der Waals surface area contributed by atoms with Crippen molar-refractivity contribution >= 4 is 35.1 Å². The van der Waals surface area contributed by atoms with Gasteiger partial charge in [-0.25, -0.2) is 4.79 Å². The number of amides is 1. The molecule has 1 amide bonds. The maximum absolute atomic E-state index is 12.4. The third-order valence-corrected chi connectivity index (χ3v) is 3.84. The van der Waals surface area contributed by atoms with Gasteiger partial charge in [-0.3, -0.25) is 4.79 Å². The largest absolute Gasteiger partial charge is 0.494 e. The molecule has 2 atom stereocenters. The van der Waals surface area contributed by atoms with Crippen LogP contribution in [0.15, 0.2) is 12.1 Å². The van der Waals surface area contributed by atoms with Crippen LogP contribution in [0.5, 0.6) is 5.75 Å². The summed E-state index contributed by atoms with van der Waals surface area (Å²) < 4.78 is 4.99. The zero-order valence-corrected chi connectivity index (χ0v) is 12.6. The van der Waals surface area contributed by atoms with Gasteiger partial charge < -0.3 is 19.8 Å². The maximum atomic E-state index is 12.4. The van der Waals surface area contributed by atoms with Crippen molar-refractivity contribution in [2.45, 2.75) is 18.6 Å². The van der Waals surface area contributed by atoms with Crippen LogP contribution in [0.1, 0.15) is 16.8 Å². The molecule has 2 rings (SSSR count). The highest BCUT2D eigenvalue weighted by molar-refractivity contribution is 6.37. The molecule has 1 fully saturated rings. The maximum Gasteiger partial charge on any atom is 0.326 e. The van der Waals surface area contributed by atoms with Crippen LogP contribution in [-0.4, -0.2) is 52.8 Å². The zero-order chi connectivity index (χ0) is 15.7. The number of β-amino-alcohol motifs (C(OH)–C–C–N with tert-alkyl or cyclic N) is 1. The molecule has 1 unspecified atom stereocenters. The Hall–Kier alpha value is -1.50. The second-order valence-corrected chi connectivity index (χ2v) is 5.49. The smallest absolute Gasteiger partial charge is 0.326 e. The van der Waals surface area contributed by atoms with Crippen LogP contribution in [0.25, 0.3) is 0 Å². The number of aliphatic hydroxyl groups excluding tert-OH is 1. The number of carbonyl (C=O) groups excluding carboxylic acids is 1. The molecule has 0 spiro atoms. The van der Waals surface area contributed by atoms with Crippen molar-refractivity contribution in [3.63, 3.8) is 0 Å². The zero-order valence-electron chi connectivity index (χ0n) is 11.0. The monoisotopic (exact) mass is 333 g/mol. The quantitative estimate of drug-likeness (QED) is 0.878. The van der Waals surface area contributed by atoms with E-state index >= 15 is 0 Å². The number of rotatable bonds is 3. The molecule has 8 heteroatoms. The Morgan fingerprint density at radius 3 is 2.38 bits per heavy atom. The lowest BCUT2D eigenvalue weighted by Gasteiger charge is -2.21. The average Bonchev–Trinajstić information content (AvgIpc) is 2.79. The van der Waals surface area contributed by atoms with Gasteiger partial charge in [0.2, 0.25) is 0 Å². The van der Waals surface area contributed by atoms with E-state index in [9.17, 15) is 14.7 Å². The molecule has 114 valence electrons. The highest BCUT2D eigenvalue weighted by atomic mass is 35.5.